The highest BCUT2D eigenvalue weighted by atomic mass is 16.3. The van der Waals surface area contributed by atoms with E-state index in [1.165, 1.54) is 11.1 Å². The van der Waals surface area contributed by atoms with E-state index in [0.29, 0.717) is 5.69 Å². The lowest BCUT2D eigenvalue weighted by Crippen LogP contribution is -2.61. The first-order chi connectivity index (χ1) is 60.2. The molecule has 5 nitrogen and oxygen atoms in total. The lowest BCUT2D eigenvalue weighted by atomic mass is 9.33. The molecule has 0 unspecified atom stereocenters. The van der Waals surface area contributed by atoms with E-state index in [1.54, 1.807) is 4.57 Å². The highest BCUT2D eigenvalue weighted by molar-refractivity contribution is 7.00. The highest BCUT2D eigenvalue weighted by Crippen LogP contribution is 2.56. The quantitative estimate of drug-likeness (QED) is 0.121. The van der Waals surface area contributed by atoms with Crippen molar-refractivity contribution < 1.29 is 15.4 Å². The average Bonchev–Trinajstić information content (AvgIpc) is 0.864. The van der Waals surface area contributed by atoms with Gasteiger partial charge < -0.3 is 23.4 Å². The van der Waals surface area contributed by atoms with Crippen LogP contribution in [0.15, 0.2) is 386 Å². The Morgan fingerprint density at radius 1 is 0.284 bits per heavy atom. The van der Waals surface area contributed by atoms with Gasteiger partial charge in [0.05, 0.1) is 44.4 Å². The summed E-state index contributed by atoms with van der Waals surface area (Å²) < 4.78 is 87.5. The number of fused-ring (bicyclic) bond motifs is 13. The molecule has 17 aromatic carbocycles. The fraction of sp³-hybridized carbons (Fsp3) is 0.0727. The van der Waals surface area contributed by atoms with Crippen LogP contribution in [0.4, 0.5) is 34.1 Å². The Morgan fingerprint density at radius 3 is 1.28 bits per heavy atom. The summed E-state index contributed by atoms with van der Waals surface area (Å²) in [7, 11) is 0. The summed E-state index contributed by atoms with van der Waals surface area (Å²) in [5, 5.41) is 4.15. The minimum absolute atomic E-state index is 0.00662. The Bertz CT molecular complexity index is 7640. The van der Waals surface area contributed by atoms with Crippen LogP contribution in [0.25, 0.3) is 155 Å². The Hall–Kier alpha value is -14.2. The third kappa shape index (κ3) is 11.0. The summed E-state index contributed by atoms with van der Waals surface area (Å²) in [4.78, 5) is 5.03. The summed E-state index contributed by atoms with van der Waals surface area (Å²) in [6.45, 7) is 13.3. The van der Waals surface area contributed by atoms with Crippen molar-refractivity contribution >= 4 is 123 Å². The predicted octanol–water partition coefficient (Wildman–Crippen LogP) is 28.1. The van der Waals surface area contributed by atoms with Gasteiger partial charge in [0.1, 0.15) is 11.2 Å². The number of hydrogen-bond donors (Lipinski definition) is 0. The number of para-hydroxylation sites is 7. The zero-order valence-electron chi connectivity index (χ0n) is 73.0. The number of hydrogen-bond acceptors (Lipinski definition) is 3. The number of furan rings is 1. The van der Waals surface area contributed by atoms with Crippen molar-refractivity contribution in [1.29, 1.82) is 0 Å². The Balaban J connectivity index is 0.958. The van der Waals surface area contributed by atoms with E-state index in [0.717, 1.165) is 178 Å². The van der Waals surface area contributed by atoms with Gasteiger partial charge in [-0.1, -0.05) is 339 Å². The standard InChI is InChI=1S/C110H81BN4O/c1-109(2,3)78-61-77(62-79(68-78)110(4,5)6)91-63-75(64-92-89-45-24-28-54-97(89)113(108(91)92)80-41-20-11-21-42-80)76-66-100-105-101(67-76)115(107-85(72-37-16-9-17-38-72)50-31-51-86(107)73-39-18-10-19-40-73)99-69-81(112-95-52-26-22-43-87(95)88-44-23-27-53-96(88)112)58-60-94(99)111(105)93-59-57-74(82-47-32-56-103-104(82)90-46-25-29-55-102(90)116-103)65-98(93)114(100)106-83(70-33-12-7-13-34-70)48-30-49-84(106)71-35-14-8-15-36-71/h7-69H,1-6H3/i22D,23D,26D,27D,43D,44D,52D,53D. The van der Waals surface area contributed by atoms with E-state index >= 15 is 0 Å². The number of benzene rings is 17. The third-order valence-corrected chi connectivity index (χ3v) is 24.0. The minimum atomic E-state index is -0.580. The van der Waals surface area contributed by atoms with E-state index in [-0.39, 0.29) is 44.7 Å². The normalized spacial score (nSPS) is 13.7. The van der Waals surface area contributed by atoms with Gasteiger partial charge in [0.25, 0.3) is 6.71 Å². The smallest absolute Gasteiger partial charge is 0.252 e. The van der Waals surface area contributed by atoms with E-state index in [2.05, 4.69) is 359 Å². The molecule has 5 heterocycles. The molecular formula is C110H81BN4O. The molecule has 0 radical (unpaired) electrons. The van der Waals surface area contributed by atoms with Crippen LogP contribution in [0, 0.1) is 0 Å². The third-order valence-electron chi connectivity index (χ3n) is 24.0. The van der Waals surface area contributed by atoms with Gasteiger partial charge in [-0.3, -0.25) is 0 Å². The second-order valence-electron chi connectivity index (χ2n) is 32.9. The molecule has 2 aliphatic rings. The number of nitrogens with zero attached hydrogens (tertiary/aromatic N) is 4. The average molecular weight is 1490 g/mol. The van der Waals surface area contributed by atoms with Crippen molar-refractivity contribution in [2.45, 2.75) is 52.4 Å². The van der Waals surface area contributed by atoms with Gasteiger partial charge in [0.2, 0.25) is 0 Å². The second-order valence-corrected chi connectivity index (χ2v) is 32.9. The Labute approximate surface area is 687 Å². The summed E-state index contributed by atoms with van der Waals surface area (Å²) in [5.74, 6) is 0. The van der Waals surface area contributed by atoms with Gasteiger partial charge in [-0.25, -0.2) is 0 Å². The first kappa shape index (κ1) is 60.5. The van der Waals surface area contributed by atoms with E-state index in [1.807, 2.05) is 30.3 Å². The van der Waals surface area contributed by atoms with E-state index < -0.39 is 43.0 Å². The fourth-order valence-corrected chi connectivity index (χ4v) is 18.6. The summed E-state index contributed by atoms with van der Waals surface area (Å²) >= 11 is 0. The number of aromatic nitrogens is 2. The SMILES string of the molecule is [2H]c1c([2H])c([2H])c2c(c1[2H])c1c([2H])c([2H])c([2H])c([2H])c1n2-c1ccc2c(c1)N(c1c(-c3ccccc3)cccc1-c1ccccc1)c1cc(-c3cc(-c4cc(C(C)(C)C)cc(C(C)(C)C)c4)c4c(c3)c3ccccc3n4-c3ccccc3)cc3c1B2c1ccc(-c2cccc4oc5ccccc5c24)cc1N3c1c(-c2ccccc2)cccc1-c1ccccc1. The molecule has 0 N–H and O–H groups in total. The molecule has 0 saturated carbocycles. The molecule has 0 spiro atoms. The fourth-order valence-electron chi connectivity index (χ4n) is 18.6. The maximum atomic E-state index is 10.0. The topological polar surface area (TPSA) is 29.5 Å². The molecule has 20 aromatic rings. The molecule has 0 amide bonds. The maximum Gasteiger partial charge on any atom is 0.252 e. The highest BCUT2D eigenvalue weighted by Gasteiger charge is 2.46. The van der Waals surface area contributed by atoms with Gasteiger partial charge in [0.15, 0.2) is 0 Å². The molecule has 6 heteroatoms. The first-order valence-corrected chi connectivity index (χ1v) is 39.9. The van der Waals surface area contributed by atoms with Crippen LogP contribution in [-0.4, -0.2) is 15.8 Å². The van der Waals surface area contributed by atoms with Crippen LogP contribution in [0.5, 0.6) is 0 Å². The monoisotopic (exact) mass is 1490 g/mol. The predicted molar refractivity (Wildman–Crippen MR) is 492 cm³/mol. The summed E-state index contributed by atoms with van der Waals surface area (Å²) in [6.07, 6.45) is 0. The van der Waals surface area contributed by atoms with Gasteiger partial charge in [-0.05, 0) is 173 Å². The van der Waals surface area contributed by atoms with Crippen molar-refractivity contribution in [3.05, 3.63) is 393 Å². The van der Waals surface area contributed by atoms with Gasteiger partial charge in [-0.2, -0.15) is 0 Å². The molecule has 0 aliphatic carbocycles. The molecule has 0 saturated heterocycles. The largest absolute Gasteiger partial charge is 0.456 e. The molecule has 22 rings (SSSR count). The molecule has 0 bridgehead atoms. The number of anilines is 6. The molecule has 0 atom stereocenters. The Morgan fingerprint density at radius 2 is 0.733 bits per heavy atom. The van der Waals surface area contributed by atoms with Gasteiger partial charge in [0, 0.05) is 94.3 Å². The van der Waals surface area contributed by atoms with Crippen molar-refractivity contribution in [3.63, 3.8) is 0 Å². The minimum Gasteiger partial charge on any atom is -0.456 e. The zero-order valence-corrected chi connectivity index (χ0v) is 65.0. The lowest BCUT2D eigenvalue weighted by Gasteiger charge is -2.46. The van der Waals surface area contributed by atoms with Crippen molar-refractivity contribution in [2.24, 2.45) is 0 Å². The zero-order chi connectivity index (χ0) is 84.6. The van der Waals surface area contributed by atoms with Crippen LogP contribution < -0.4 is 26.2 Å². The van der Waals surface area contributed by atoms with Crippen LogP contribution in [-0.2, 0) is 10.8 Å². The van der Waals surface area contributed by atoms with Crippen molar-refractivity contribution in [2.75, 3.05) is 9.80 Å². The van der Waals surface area contributed by atoms with Crippen LogP contribution in [0.1, 0.15) is 63.6 Å². The van der Waals surface area contributed by atoms with Crippen LogP contribution >= 0.6 is 0 Å². The van der Waals surface area contributed by atoms with Crippen molar-refractivity contribution in [3.8, 4) is 89.3 Å². The van der Waals surface area contributed by atoms with E-state index in [9.17, 15) is 11.0 Å². The summed E-state index contributed by atoms with van der Waals surface area (Å²) in [6, 6.07) is 117. The van der Waals surface area contributed by atoms with Gasteiger partial charge >= 0.3 is 0 Å². The maximum absolute atomic E-state index is 10.0. The molecule has 3 aromatic heterocycles. The lowest BCUT2D eigenvalue weighted by molar-refractivity contribution is 0.569. The molecule has 2 aliphatic heterocycles. The molecule has 116 heavy (non-hydrogen) atoms. The molecule has 0 fully saturated rings. The van der Waals surface area contributed by atoms with Crippen molar-refractivity contribution in [1.82, 2.24) is 9.13 Å². The van der Waals surface area contributed by atoms with Crippen LogP contribution in [0.3, 0.4) is 0 Å². The molecular weight excluding hydrogens is 1400 g/mol. The number of rotatable bonds is 11. The van der Waals surface area contributed by atoms with Gasteiger partial charge in [-0.15, -0.1) is 0 Å². The first-order valence-electron chi connectivity index (χ1n) is 43.9. The van der Waals surface area contributed by atoms with E-state index in [4.69, 9.17) is 4.42 Å². The van der Waals surface area contributed by atoms with Crippen LogP contribution in [0.2, 0.25) is 0 Å². The molecule has 550 valence electrons. The summed E-state index contributed by atoms with van der Waals surface area (Å²) in [5.41, 5.74) is 29.0. The second kappa shape index (κ2) is 26.7. The Kier molecular flexibility index (Phi) is 13.9.